The molecule has 2 atom stereocenters. The number of hydrogen-bond acceptors (Lipinski definition) is 4. The van der Waals surface area contributed by atoms with Gasteiger partial charge in [-0.15, -0.1) is 0 Å². The number of ether oxygens (including phenoxy) is 2. The van der Waals surface area contributed by atoms with Gasteiger partial charge in [-0.3, -0.25) is 0 Å². The summed E-state index contributed by atoms with van der Waals surface area (Å²) in [5, 5.41) is 0. The van der Waals surface area contributed by atoms with Crippen LogP contribution in [0.1, 0.15) is 58.3 Å². The quantitative estimate of drug-likeness (QED) is 0.636. The SMILES string of the molecule is COc1ccc2c(c1)O[C@@H](c1ccccc1)C[C@]2(C)CB1OC(C)(C)C(C)(C)O1. The van der Waals surface area contributed by atoms with Crippen LogP contribution in [-0.2, 0) is 14.7 Å². The zero-order valence-electron chi connectivity index (χ0n) is 18.3. The van der Waals surface area contributed by atoms with Crippen LogP contribution in [0.5, 0.6) is 11.5 Å². The van der Waals surface area contributed by atoms with Gasteiger partial charge < -0.3 is 18.8 Å². The molecule has 0 unspecified atom stereocenters. The summed E-state index contributed by atoms with van der Waals surface area (Å²) in [6.45, 7) is 10.7. The van der Waals surface area contributed by atoms with Crippen molar-refractivity contribution in [2.75, 3.05) is 7.11 Å². The van der Waals surface area contributed by atoms with Crippen molar-refractivity contribution in [1.29, 1.82) is 0 Å². The van der Waals surface area contributed by atoms with Gasteiger partial charge in [0, 0.05) is 6.07 Å². The van der Waals surface area contributed by atoms with Gasteiger partial charge in [0.2, 0.25) is 0 Å². The zero-order chi connectivity index (χ0) is 20.9. The third-order valence-electron chi connectivity index (χ3n) is 6.83. The highest BCUT2D eigenvalue weighted by Gasteiger charge is 2.54. The summed E-state index contributed by atoms with van der Waals surface area (Å²) in [5.41, 5.74) is 1.55. The number of fused-ring (bicyclic) bond motifs is 1. The Morgan fingerprint density at radius 3 is 2.24 bits per heavy atom. The standard InChI is InChI=1S/C24H31BO4/c1-22(2)23(3,4)29-25(28-22)16-24(5)15-21(17-10-8-7-9-11-17)27-20-14-18(26-6)12-13-19(20)24/h7-14,21H,15-16H2,1-6H3/t21-,24-/m1/s1. The molecule has 5 heteroatoms. The fraction of sp³-hybridized carbons (Fsp3) is 0.500. The molecule has 154 valence electrons. The molecule has 2 aromatic carbocycles. The number of hydrogen-bond donors (Lipinski definition) is 0. The number of methoxy groups -OCH3 is 1. The molecule has 0 N–H and O–H groups in total. The van der Waals surface area contributed by atoms with Crippen LogP contribution in [0.3, 0.4) is 0 Å². The Hall–Kier alpha value is -1.98. The van der Waals surface area contributed by atoms with Gasteiger partial charge in [-0.2, -0.15) is 0 Å². The average Bonchev–Trinajstić information content (AvgIpc) is 2.87. The van der Waals surface area contributed by atoms with Gasteiger partial charge in [-0.25, -0.2) is 0 Å². The van der Waals surface area contributed by atoms with Crippen LogP contribution < -0.4 is 9.47 Å². The largest absolute Gasteiger partial charge is 0.497 e. The molecule has 0 amide bonds. The third kappa shape index (κ3) is 3.66. The van der Waals surface area contributed by atoms with E-state index in [0.717, 1.165) is 24.2 Å². The summed E-state index contributed by atoms with van der Waals surface area (Å²) in [4.78, 5) is 0. The summed E-state index contributed by atoms with van der Waals surface area (Å²) in [5.74, 6) is 1.68. The Kier molecular flexibility index (Phi) is 4.95. The lowest BCUT2D eigenvalue weighted by molar-refractivity contribution is 0.00578. The molecule has 0 spiro atoms. The second-order valence-corrected chi connectivity index (χ2v) is 9.53. The van der Waals surface area contributed by atoms with Gasteiger partial charge in [-0.1, -0.05) is 43.3 Å². The molecule has 29 heavy (non-hydrogen) atoms. The fourth-order valence-corrected chi connectivity index (χ4v) is 4.40. The minimum atomic E-state index is -0.333. The Bertz CT molecular complexity index is 864. The zero-order valence-corrected chi connectivity index (χ0v) is 18.3. The van der Waals surface area contributed by atoms with Crippen LogP contribution in [0.15, 0.2) is 48.5 Å². The maximum atomic E-state index is 6.44. The summed E-state index contributed by atoms with van der Waals surface area (Å²) in [7, 11) is 1.43. The Morgan fingerprint density at radius 1 is 0.966 bits per heavy atom. The molecule has 1 saturated heterocycles. The molecule has 4 nitrogen and oxygen atoms in total. The molecule has 0 bridgehead atoms. The minimum Gasteiger partial charge on any atom is -0.497 e. The van der Waals surface area contributed by atoms with E-state index in [-0.39, 0.29) is 29.8 Å². The lowest BCUT2D eigenvalue weighted by atomic mass is 9.62. The Morgan fingerprint density at radius 2 is 1.62 bits per heavy atom. The number of rotatable bonds is 4. The van der Waals surface area contributed by atoms with Crippen molar-refractivity contribution in [3.05, 3.63) is 59.7 Å². The minimum absolute atomic E-state index is 0.0248. The second-order valence-electron chi connectivity index (χ2n) is 9.53. The average molecular weight is 394 g/mol. The molecule has 0 aromatic heterocycles. The molecular formula is C24H31BO4. The Labute approximate surface area is 174 Å². The van der Waals surface area contributed by atoms with E-state index in [1.54, 1.807) is 7.11 Å². The molecular weight excluding hydrogens is 363 g/mol. The van der Waals surface area contributed by atoms with Gasteiger partial charge in [-0.05, 0) is 63.0 Å². The molecule has 2 aromatic rings. The predicted molar refractivity (Wildman–Crippen MR) is 116 cm³/mol. The molecule has 4 rings (SSSR count). The van der Waals surface area contributed by atoms with E-state index in [1.807, 2.05) is 18.2 Å². The summed E-state index contributed by atoms with van der Waals surface area (Å²) in [6.07, 6.45) is 1.61. The van der Waals surface area contributed by atoms with Gasteiger partial charge in [0.05, 0.1) is 18.3 Å². The molecule has 0 saturated carbocycles. The normalized spacial score (nSPS) is 27.2. The molecule has 0 radical (unpaired) electrons. The fourth-order valence-electron chi connectivity index (χ4n) is 4.40. The van der Waals surface area contributed by atoms with Gasteiger partial charge in [0.15, 0.2) is 0 Å². The van der Waals surface area contributed by atoms with Gasteiger partial charge in [0.1, 0.15) is 17.6 Å². The van der Waals surface area contributed by atoms with E-state index in [9.17, 15) is 0 Å². The van der Waals surface area contributed by atoms with E-state index >= 15 is 0 Å². The monoisotopic (exact) mass is 394 g/mol. The first-order valence-electron chi connectivity index (χ1n) is 10.4. The smallest absolute Gasteiger partial charge is 0.458 e. The topological polar surface area (TPSA) is 36.9 Å². The van der Waals surface area contributed by atoms with Crippen LogP contribution in [0.2, 0.25) is 6.32 Å². The van der Waals surface area contributed by atoms with E-state index in [1.165, 1.54) is 11.1 Å². The summed E-state index contributed by atoms with van der Waals surface area (Å²) >= 11 is 0. The lowest BCUT2D eigenvalue weighted by Gasteiger charge is -2.41. The first-order chi connectivity index (χ1) is 13.6. The molecule has 1 fully saturated rings. The predicted octanol–water partition coefficient (Wildman–Crippen LogP) is 5.57. The molecule has 0 aliphatic carbocycles. The van der Waals surface area contributed by atoms with Crippen molar-refractivity contribution in [2.24, 2.45) is 0 Å². The van der Waals surface area contributed by atoms with Crippen molar-refractivity contribution in [3.8, 4) is 11.5 Å². The summed E-state index contributed by atoms with van der Waals surface area (Å²) in [6, 6.07) is 16.5. The van der Waals surface area contributed by atoms with Crippen LogP contribution in [-0.4, -0.2) is 25.4 Å². The van der Waals surface area contributed by atoms with E-state index < -0.39 is 0 Å². The molecule has 2 heterocycles. The van der Waals surface area contributed by atoms with Crippen molar-refractivity contribution in [3.63, 3.8) is 0 Å². The van der Waals surface area contributed by atoms with Crippen LogP contribution in [0.25, 0.3) is 0 Å². The van der Waals surface area contributed by atoms with E-state index in [0.29, 0.717) is 0 Å². The highest BCUT2D eigenvalue weighted by atomic mass is 16.7. The van der Waals surface area contributed by atoms with Crippen LogP contribution >= 0.6 is 0 Å². The van der Waals surface area contributed by atoms with Crippen molar-refractivity contribution < 1.29 is 18.8 Å². The van der Waals surface area contributed by atoms with Crippen LogP contribution in [0, 0.1) is 0 Å². The van der Waals surface area contributed by atoms with E-state index in [4.69, 9.17) is 18.8 Å². The van der Waals surface area contributed by atoms with Crippen molar-refractivity contribution >= 4 is 7.12 Å². The van der Waals surface area contributed by atoms with Gasteiger partial charge in [0.25, 0.3) is 0 Å². The highest BCUT2D eigenvalue weighted by molar-refractivity contribution is 6.46. The highest BCUT2D eigenvalue weighted by Crippen LogP contribution is 2.51. The first kappa shape index (κ1) is 20.3. The maximum Gasteiger partial charge on any atom is 0.458 e. The molecule has 2 aliphatic rings. The molecule has 2 aliphatic heterocycles. The lowest BCUT2D eigenvalue weighted by Crippen LogP contribution is -2.41. The summed E-state index contributed by atoms with van der Waals surface area (Å²) < 4.78 is 24.6. The van der Waals surface area contributed by atoms with Crippen molar-refractivity contribution in [1.82, 2.24) is 0 Å². The Balaban J connectivity index is 1.69. The third-order valence-corrected chi connectivity index (χ3v) is 6.83. The maximum absolute atomic E-state index is 6.44. The van der Waals surface area contributed by atoms with Crippen LogP contribution in [0.4, 0.5) is 0 Å². The second kappa shape index (κ2) is 7.07. The first-order valence-corrected chi connectivity index (χ1v) is 10.4. The van der Waals surface area contributed by atoms with Gasteiger partial charge >= 0.3 is 7.12 Å². The van der Waals surface area contributed by atoms with Crippen molar-refractivity contribution in [2.45, 2.75) is 70.1 Å². The van der Waals surface area contributed by atoms with E-state index in [2.05, 4.69) is 65.0 Å². The number of benzene rings is 2.